The zero-order valence-corrected chi connectivity index (χ0v) is 12.1. The van der Waals surface area contributed by atoms with Crippen molar-refractivity contribution in [2.24, 2.45) is 0 Å². The number of carbonyl (C=O) groups excluding carboxylic acids is 1. The maximum atomic E-state index is 10.9. The van der Waals surface area contributed by atoms with Crippen LogP contribution in [0.2, 0.25) is 0 Å². The van der Waals surface area contributed by atoms with E-state index >= 15 is 0 Å². The fourth-order valence-corrected chi connectivity index (χ4v) is 1.72. The van der Waals surface area contributed by atoms with Crippen LogP contribution in [0.25, 0.3) is 10.8 Å². The molecule has 0 aliphatic heterocycles. The van der Waals surface area contributed by atoms with Gasteiger partial charge in [-0.05, 0) is 23.5 Å². The van der Waals surface area contributed by atoms with E-state index in [-0.39, 0.29) is 38.5 Å². The van der Waals surface area contributed by atoms with Gasteiger partial charge in [0, 0.05) is 0 Å². The summed E-state index contributed by atoms with van der Waals surface area (Å²) in [5.74, 6) is 0.128. The van der Waals surface area contributed by atoms with Crippen molar-refractivity contribution in [1.29, 1.82) is 0 Å². The molecule has 0 aliphatic rings. The molecule has 0 atom stereocenters. The molecule has 1 nitrogen and oxygen atoms in total. The Kier molecular flexibility index (Phi) is 5.17. The molecule has 0 aliphatic carbocycles. The van der Waals surface area contributed by atoms with Gasteiger partial charge in [-0.2, -0.15) is 0 Å². The Morgan fingerprint density at radius 2 is 1.81 bits per heavy atom. The number of benzene rings is 2. The Balaban J connectivity index is 0.00000128. The minimum Gasteiger partial charge on any atom is -0.335 e. The van der Waals surface area contributed by atoms with Crippen molar-refractivity contribution in [3.63, 3.8) is 0 Å². The molecule has 76 valence electrons. The molecule has 0 aromatic heterocycles. The minimum absolute atomic E-state index is 0. The third-order valence-electron chi connectivity index (χ3n) is 2.49. The maximum Gasteiger partial charge on any atom is 3.00 e. The van der Waals surface area contributed by atoms with Gasteiger partial charge >= 0.3 is 32.7 Å². The number of fused-ring (bicyclic) bond motifs is 1. The van der Waals surface area contributed by atoms with Crippen LogP contribution in [0.1, 0.15) is 12.5 Å². The summed E-state index contributed by atoms with van der Waals surface area (Å²) in [7, 11) is 0. The molecule has 2 aromatic rings. The van der Waals surface area contributed by atoms with Gasteiger partial charge in [0.05, 0.1) is 0 Å². The van der Waals surface area contributed by atoms with Crippen LogP contribution in [-0.4, -0.2) is 5.78 Å². The number of rotatable bonds is 3. The Morgan fingerprint density at radius 3 is 2.56 bits per heavy atom. The number of ketones is 1. The first-order valence-electron chi connectivity index (χ1n) is 5.08. The van der Waals surface area contributed by atoms with E-state index in [4.69, 9.17) is 0 Å². The fraction of sp³-hybridized carbons (Fsp3) is 0.143. The number of hydrogen-bond acceptors (Lipinski definition) is 1. The molecular weight excluding hydrogens is 273 g/mol. The molecule has 0 fully saturated rings. The molecule has 0 saturated heterocycles. The Morgan fingerprint density at radius 1 is 1.12 bits per heavy atom. The van der Waals surface area contributed by atoms with Crippen LogP contribution >= 0.6 is 0 Å². The van der Waals surface area contributed by atoms with Gasteiger partial charge in [0.2, 0.25) is 0 Å². The van der Waals surface area contributed by atoms with E-state index in [0.717, 1.165) is 6.42 Å². The van der Waals surface area contributed by atoms with E-state index in [0.29, 0.717) is 0 Å². The van der Waals surface area contributed by atoms with E-state index in [9.17, 15) is 4.79 Å². The smallest absolute Gasteiger partial charge is 0.335 e. The molecule has 2 aromatic carbocycles. The number of hydrogen-bond donors (Lipinski definition) is 0. The second-order valence-corrected chi connectivity index (χ2v) is 3.66. The summed E-state index contributed by atoms with van der Waals surface area (Å²) >= 11 is 0. The van der Waals surface area contributed by atoms with Crippen LogP contribution in [0.3, 0.4) is 0 Å². The van der Waals surface area contributed by atoms with Crippen LogP contribution in [0, 0.1) is 6.42 Å². The molecule has 2 rings (SSSR count). The van der Waals surface area contributed by atoms with Crippen LogP contribution in [0.15, 0.2) is 42.5 Å². The average molecular weight is 286 g/mol. The van der Waals surface area contributed by atoms with Gasteiger partial charge in [0.25, 0.3) is 0 Å². The van der Waals surface area contributed by atoms with E-state index in [1.54, 1.807) is 13.3 Å². The minimum atomic E-state index is 0. The second kappa shape index (κ2) is 6.17. The summed E-state index contributed by atoms with van der Waals surface area (Å²) in [6.07, 6.45) is 2.44. The molecule has 0 bridgehead atoms. The summed E-state index contributed by atoms with van der Waals surface area (Å²) in [5, 5.41) is 2.46. The predicted molar refractivity (Wildman–Crippen MR) is 62.6 cm³/mol. The predicted octanol–water partition coefficient (Wildman–Crippen LogP) is 3.17. The van der Waals surface area contributed by atoms with Crippen molar-refractivity contribution in [3.8, 4) is 0 Å². The summed E-state index contributed by atoms with van der Waals surface area (Å²) in [6, 6.07) is 14.4. The summed E-state index contributed by atoms with van der Waals surface area (Å²) in [5.41, 5.74) is 1.21. The summed E-state index contributed by atoms with van der Waals surface area (Å²) in [4.78, 5) is 10.9. The normalized spacial score (nSPS) is 9.56. The number of Topliss-reactive ketones (excluding diaryl/α,β-unsaturated/α-hetero) is 1. The first kappa shape index (κ1) is 13.4. The third-order valence-corrected chi connectivity index (χ3v) is 2.49. The fourth-order valence-electron chi connectivity index (χ4n) is 1.72. The van der Waals surface area contributed by atoms with Gasteiger partial charge < -0.3 is 11.2 Å². The first-order valence-corrected chi connectivity index (χ1v) is 5.08. The molecule has 0 amide bonds. The van der Waals surface area contributed by atoms with E-state index in [1.165, 1.54) is 16.3 Å². The van der Waals surface area contributed by atoms with Crippen molar-refractivity contribution in [1.82, 2.24) is 0 Å². The monoisotopic (exact) mass is 286 g/mol. The molecule has 0 N–H and O–H groups in total. The van der Waals surface area contributed by atoms with Gasteiger partial charge in [-0.15, -0.1) is 6.42 Å². The molecule has 0 heterocycles. The van der Waals surface area contributed by atoms with Gasteiger partial charge in [0.1, 0.15) is 0 Å². The van der Waals surface area contributed by atoms with Crippen molar-refractivity contribution < 1.29 is 37.5 Å². The van der Waals surface area contributed by atoms with Crippen molar-refractivity contribution >= 4 is 16.6 Å². The second-order valence-electron chi connectivity index (χ2n) is 3.66. The average Bonchev–Trinajstić information content (AvgIpc) is 2.26. The summed E-state index contributed by atoms with van der Waals surface area (Å²) in [6.45, 7) is 1.59. The van der Waals surface area contributed by atoms with Crippen molar-refractivity contribution in [2.45, 2.75) is 13.3 Å². The largest absolute Gasteiger partial charge is 3.00 e. The van der Waals surface area contributed by atoms with Gasteiger partial charge in [0.15, 0.2) is 0 Å². The van der Waals surface area contributed by atoms with Gasteiger partial charge in [-0.25, -0.2) is 0 Å². The van der Waals surface area contributed by atoms with Gasteiger partial charge in [-0.1, -0.05) is 48.0 Å². The molecule has 0 radical (unpaired) electrons. The first-order chi connectivity index (χ1) is 7.27. The van der Waals surface area contributed by atoms with E-state index in [1.807, 2.05) is 18.2 Å². The quantitative estimate of drug-likeness (QED) is 0.792. The standard InChI is InChI=1S/C14H13O.Y/c1-11(15)9-10-13-7-4-6-12-5-2-3-8-14(12)13;/h2-9H,10H2,1H3;/q-1;+3. The molecule has 2 heteroatoms. The zero-order chi connectivity index (χ0) is 10.7. The molecule has 16 heavy (non-hydrogen) atoms. The van der Waals surface area contributed by atoms with E-state index in [2.05, 4.69) is 24.3 Å². The van der Waals surface area contributed by atoms with Crippen LogP contribution in [0.5, 0.6) is 0 Å². The zero-order valence-electron chi connectivity index (χ0n) is 9.31. The molecule has 0 unspecified atom stereocenters. The van der Waals surface area contributed by atoms with Crippen molar-refractivity contribution in [2.75, 3.05) is 0 Å². The van der Waals surface area contributed by atoms with Crippen LogP contribution in [-0.2, 0) is 43.9 Å². The molecule has 0 saturated carbocycles. The number of carbonyl (C=O) groups is 1. The maximum absolute atomic E-state index is 10.9. The third kappa shape index (κ3) is 3.17. The SMILES string of the molecule is CC(=O)[CH-]Cc1cccc2ccccc12.[Y+3]. The van der Waals surface area contributed by atoms with E-state index < -0.39 is 0 Å². The Labute approximate surface area is 121 Å². The van der Waals surface area contributed by atoms with Crippen LogP contribution < -0.4 is 0 Å². The Hall–Kier alpha value is -0.656. The van der Waals surface area contributed by atoms with Crippen LogP contribution in [0.4, 0.5) is 0 Å². The molecular formula is C14H13OY+2. The molecule has 0 spiro atoms. The Bertz CT molecular complexity index is 486. The topological polar surface area (TPSA) is 17.1 Å². The van der Waals surface area contributed by atoms with Gasteiger partial charge in [-0.3, -0.25) is 0 Å². The summed E-state index contributed by atoms with van der Waals surface area (Å²) < 4.78 is 0. The van der Waals surface area contributed by atoms with Crippen molar-refractivity contribution in [3.05, 3.63) is 54.4 Å².